The van der Waals surface area contributed by atoms with Crippen molar-refractivity contribution in [2.45, 2.75) is 70.3 Å². The Labute approximate surface area is 248 Å². The summed E-state index contributed by atoms with van der Waals surface area (Å²) in [5, 5.41) is 4.57. The summed E-state index contributed by atoms with van der Waals surface area (Å²) in [4.78, 5) is 13.8. The van der Waals surface area contributed by atoms with Crippen LogP contribution in [0.5, 0.6) is 11.5 Å². The number of likely N-dealkylation sites (tertiary alicyclic amines) is 1. The first kappa shape index (κ1) is 28.7. The van der Waals surface area contributed by atoms with Crippen molar-refractivity contribution >= 4 is 29.1 Å². The number of carbonyl (C=O) groups is 1. The molecule has 2 aromatic carbocycles. The Morgan fingerprint density at radius 2 is 1.59 bits per heavy atom. The number of hydrogen-bond acceptors (Lipinski definition) is 2. The maximum Gasteiger partial charge on any atom is 0.232 e. The lowest BCUT2D eigenvalue weighted by Gasteiger charge is -2.44. The van der Waals surface area contributed by atoms with Gasteiger partial charge >= 0.3 is 0 Å². The van der Waals surface area contributed by atoms with Crippen molar-refractivity contribution in [1.29, 1.82) is 0 Å². The van der Waals surface area contributed by atoms with Gasteiger partial charge in [0.2, 0.25) is 5.91 Å². The zero-order chi connectivity index (χ0) is 25.1. The van der Waals surface area contributed by atoms with Crippen molar-refractivity contribution in [3.05, 3.63) is 69.2 Å². The predicted octanol–water partition coefficient (Wildman–Crippen LogP) is 4.63. The summed E-state index contributed by atoms with van der Waals surface area (Å²) in [5.41, 5.74) is 3.24. The third-order valence-corrected chi connectivity index (χ3v) is 8.86. The second-order valence-electron chi connectivity index (χ2n) is 10.8. The molecule has 1 N–H and O–H groups in total. The van der Waals surface area contributed by atoms with E-state index in [1.54, 1.807) is 17.7 Å². The number of hydrogen-bond donors (Lipinski definition) is 1. The number of fused-ring (bicyclic) bond motifs is 2. The number of allylic oxidation sites excluding steroid dienone is 1. The molecule has 0 aromatic heterocycles. The molecule has 1 saturated heterocycles. The van der Waals surface area contributed by atoms with Crippen LogP contribution in [0.3, 0.4) is 0 Å². The first-order valence-electron chi connectivity index (χ1n) is 13.6. The fourth-order valence-electron chi connectivity index (χ4n) is 6.21. The Morgan fingerprint density at radius 1 is 0.973 bits per heavy atom. The van der Waals surface area contributed by atoms with Crippen molar-refractivity contribution in [3.63, 3.8) is 0 Å². The number of halogens is 3. The summed E-state index contributed by atoms with van der Waals surface area (Å²) in [6, 6.07) is 11.1. The Hall–Kier alpha value is -1.28. The molecule has 2 aliphatic heterocycles. The third-order valence-electron chi connectivity index (χ3n) is 8.39. The second-order valence-corrected chi connectivity index (χ2v) is 11.6. The molecule has 1 amide bonds. The van der Waals surface area contributed by atoms with Crippen LogP contribution in [0.4, 0.5) is 0 Å². The molecule has 0 unspecified atom stereocenters. The van der Waals surface area contributed by atoms with Crippen LogP contribution < -0.4 is 34.0 Å². The number of likely N-dealkylation sites (N-methyl/N-ethyl adjacent to an activating group) is 1. The Morgan fingerprint density at radius 3 is 2.22 bits per heavy atom. The average molecular weight is 655 g/mol. The predicted molar refractivity (Wildman–Crippen MR) is 147 cm³/mol. The van der Waals surface area contributed by atoms with Crippen LogP contribution >= 0.6 is 23.2 Å². The van der Waals surface area contributed by atoms with Crippen molar-refractivity contribution < 1.29 is 38.0 Å². The number of piperidine rings is 1. The van der Waals surface area contributed by atoms with Crippen LogP contribution in [0.2, 0.25) is 10.0 Å². The first-order chi connectivity index (χ1) is 17.5. The minimum absolute atomic E-state index is 0. The average Bonchev–Trinajstić information content (AvgIpc) is 2.85. The number of ether oxygens (including phenoxy) is 1. The molecule has 3 aliphatic rings. The fourth-order valence-corrected chi connectivity index (χ4v) is 6.57. The van der Waals surface area contributed by atoms with E-state index in [1.165, 1.54) is 45.1 Å². The number of benzene rings is 2. The number of amides is 1. The van der Waals surface area contributed by atoms with Crippen LogP contribution in [-0.4, -0.2) is 42.6 Å². The summed E-state index contributed by atoms with van der Waals surface area (Å²) in [7, 11) is 0. The highest BCUT2D eigenvalue weighted by Crippen LogP contribution is 2.46. The van der Waals surface area contributed by atoms with E-state index >= 15 is 0 Å². The van der Waals surface area contributed by atoms with E-state index in [4.69, 9.17) is 27.9 Å². The first-order valence-corrected chi connectivity index (χ1v) is 14.3. The van der Waals surface area contributed by atoms with E-state index in [-0.39, 0.29) is 35.9 Å². The molecule has 0 atom stereocenters. The van der Waals surface area contributed by atoms with E-state index in [1.807, 2.05) is 24.3 Å². The van der Waals surface area contributed by atoms with Crippen LogP contribution in [0.15, 0.2) is 48.0 Å². The fraction of sp³-hybridized carbons (Fsp3) is 0.500. The molecule has 5 rings (SSSR count). The van der Waals surface area contributed by atoms with Gasteiger partial charge in [0.25, 0.3) is 0 Å². The maximum absolute atomic E-state index is 13.8. The summed E-state index contributed by atoms with van der Waals surface area (Å²) >= 11 is 12.6. The molecule has 7 heteroatoms. The minimum Gasteiger partial charge on any atom is -1.00 e. The van der Waals surface area contributed by atoms with E-state index in [0.717, 1.165) is 48.1 Å². The highest BCUT2D eigenvalue weighted by molar-refractivity contribution is 6.31. The van der Waals surface area contributed by atoms with Gasteiger partial charge in [-0.2, -0.15) is 0 Å². The molecule has 0 radical (unpaired) electrons. The Kier molecular flexibility index (Phi) is 9.87. The van der Waals surface area contributed by atoms with Gasteiger partial charge in [0.15, 0.2) is 0 Å². The topological polar surface area (TPSA) is 38.3 Å². The van der Waals surface area contributed by atoms with Gasteiger partial charge in [0, 0.05) is 40.1 Å². The summed E-state index contributed by atoms with van der Waals surface area (Å²) < 4.78 is 7.23. The van der Waals surface area contributed by atoms with Crippen LogP contribution in [0, 0.1) is 0 Å². The Balaban J connectivity index is 0.00000320. The van der Waals surface area contributed by atoms with Crippen LogP contribution in [0.1, 0.15) is 75.3 Å². The molecule has 1 fully saturated rings. The molecular formula is C30H37Cl2IN2O2. The minimum atomic E-state index is -0.492. The Bertz CT molecular complexity index is 1090. The van der Waals surface area contributed by atoms with E-state index < -0.39 is 5.92 Å². The van der Waals surface area contributed by atoms with E-state index in [2.05, 4.69) is 18.3 Å². The van der Waals surface area contributed by atoms with Gasteiger partial charge in [0.1, 0.15) is 18.0 Å². The molecule has 2 aromatic rings. The number of quaternary nitrogens is 1. The van der Waals surface area contributed by atoms with Crippen molar-refractivity contribution in [1.82, 2.24) is 5.32 Å². The van der Waals surface area contributed by atoms with Gasteiger partial charge in [-0.3, -0.25) is 4.79 Å². The number of rotatable bonds is 5. The molecule has 2 heterocycles. The number of nitrogens with one attached hydrogen (secondary N) is 1. The highest BCUT2D eigenvalue weighted by atomic mass is 127. The second kappa shape index (κ2) is 12.7. The molecule has 0 spiro atoms. The van der Waals surface area contributed by atoms with Gasteiger partial charge in [-0.15, -0.1) is 0 Å². The largest absolute Gasteiger partial charge is 1.00 e. The van der Waals surface area contributed by atoms with Crippen LogP contribution in [0.25, 0.3) is 0 Å². The maximum atomic E-state index is 13.8. The van der Waals surface area contributed by atoms with Crippen LogP contribution in [-0.2, 0) is 4.79 Å². The lowest BCUT2D eigenvalue weighted by Crippen LogP contribution is -3.00. The molecule has 0 bridgehead atoms. The van der Waals surface area contributed by atoms with Crippen molar-refractivity contribution in [3.8, 4) is 11.5 Å². The zero-order valence-corrected chi connectivity index (χ0v) is 25.2. The van der Waals surface area contributed by atoms with Gasteiger partial charge < -0.3 is 38.5 Å². The SMILES string of the molecule is CC[N@+]1(C/C2=C/CCCCCC2)CC[C@@H](NC(=O)C2c3cc(Cl)ccc3Oc3ccc(Cl)cc32)CC1.[I-]. The van der Waals surface area contributed by atoms with Gasteiger partial charge in [0.05, 0.1) is 25.6 Å². The molecular weight excluding hydrogens is 618 g/mol. The van der Waals surface area contributed by atoms with Gasteiger partial charge in [-0.05, 0) is 74.6 Å². The standard InChI is InChI=1S/C30H36Cl2N2O2.HI/c1-2-34(20-21-8-6-4-3-5-7-9-21)16-14-24(15-17-34)33-30(35)29-25-18-22(31)10-12-27(25)36-28-13-11-23(32)19-26(28)29;/h8,10-13,18-19,24,29H,2-7,9,14-17,20H2,1H3;1H/b21-8+;/t24-,34+;. The van der Waals surface area contributed by atoms with Crippen molar-refractivity contribution in [2.75, 3.05) is 26.2 Å². The normalized spacial score (nSPS) is 25.2. The summed E-state index contributed by atoms with van der Waals surface area (Å²) in [6.07, 6.45) is 12.4. The number of nitrogens with zero attached hydrogens (tertiary/aromatic N) is 1. The zero-order valence-electron chi connectivity index (χ0n) is 21.6. The molecule has 37 heavy (non-hydrogen) atoms. The smallest absolute Gasteiger partial charge is 0.232 e. The molecule has 0 saturated carbocycles. The lowest BCUT2D eigenvalue weighted by molar-refractivity contribution is -0.927. The van der Waals surface area contributed by atoms with E-state index in [0.29, 0.717) is 21.5 Å². The van der Waals surface area contributed by atoms with Gasteiger partial charge in [-0.25, -0.2) is 0 Å². The van der Waals surface area contributed by atoms with E-state index in [9.17, 15) is 4.79 Å². The monoisotopic (exact) mass is 654 g/mol. The molecule has 1 aliphatic carbocycles. The summed E-state index contributed by atoms with van der Waals surface area (Å²) in [5.74, 6) is 0.849. The molecule has 200 valence electrons. The van der Waals surface area contributed by atoms with Crippen molar-refractivity contribution in [2.24, 2.45) is 0 Å². The quantitative estimate of drug-likeness (QED) is 0.290. The molecule has 4 nitrogen and oxygen atoms in total. The lowest BCUT2D eigenvalue weighted by atomic mass is 9.86. The third kappa shape index (κ3) is 6.66. The summed E-state index contributed by atoms with van der Waals surface area (Å²) in [6.45, 7) is 6.87. The highest BCUT2D eigenvalue weighted by Gasteiger charge is 2.37. The van der Waals surface area contributed by atoms with Gasteiger partial charge in [-0.1, -0.05) is 42.1 Å². The number of carbonyl (C=O) groups excluding carboxylic acids is 1.